The Labute approximate surface area is 176 Å². The summed E-state index contributed by atoms with van der Waals surface area (Å²) in [6.07, 6.45) is 1.51. The molecule has 3 rings (SSSR count). The summed E-state index contributed by atoms with van der Waals surface area (Å²) in [5.41, 5.74) is 1.08. The van der Waals surface area contributed by atoms with E-state index in [0.717, 1.165) is 0 Å². The quantitative estimate of drug-likeness (QED) is 0.671. The molecule has 1 aromatic heterocycles. The van der Waals surface area contributed by atoms with Crippen LogP contribution in [0.2, 0.25) is 0 Å². The Morgan fingerprint density at radius 1 is 1.03 bits per heavy atom. The van der Waals surface area contributed by atoms with Crippen LogP contribution in [0, 0.1) is 0 Å². The number of pyridine rings is 1. The number of aromatic nitrogens is 1. The van der Waals surface area contributed by atoms with Gasteiger partial charge in [-0.2, -0.15) is 0 Å². The second-order valence-electron chi connectivity index (χ2n) is 6.42. The van der Waals surface area contributed by atoms with Gasteiger partial charge in [0.05, 0.1) is 19.8 Å². The molecule has 0 radical (unpaired) electrons. The average Bonchev–Trinajstić information content (AvgIpc) is 2.77. The van der Waals surface area contributed by atoms with E-state index in [1.54, 1.807) is 21.9 Å². The summed E-state index contributed by atoms with van der Waals surface area (Å²) >= 11 is -2.48. The molecular formula is C19H21N4O6S-. The molecule has 30 heavy (non-hydrogen) atoms. The van der Waals surface area contributed by atoms with Crippen molar-refractivity contribution in [2.75, 3.05) is 45.1 Å². The highest BCUT2D eigenvalue weighted by molar-refractivity contribution is 7.80. The summed E-state index contributed by atoms with van der Waals surface area (Å²) in [7, 11) is 2.89. The second kappa shape index (κ2) is 9.55. The van der Waals surface area contributed by atoms with Gasteiger partial charge in [0.25, 0.3) is 11.8 Å². The van der Waals surface area contributed by atoms with Gasteiger partial charge in [-0.3, -0.25) is 13.8 Å². The molecule has 160 valence electrons. The second-order valence-corrected chi connectivity index (χ2v) is 7.10. The molecule has 0 aliphatic carbocycles. The summed E-state index contributed by atoms with van der Waals surface area (Å²) in [4.78, 5) is 32.9. The van der Waals surface area contributed by atoms with Gasteiger partial charge >= 0.3 is 0 Å². The third kappa shape index (κ3) is 4.86. The van der Waals surface area contributed by atoms with Gasteiger partial charge in [0.15, 0.2) is 0 Å². The topological polar surface area (TPSA) is 124 Å². The van der Waals surface area contributed by atoms with Crippen LogP contribution in [0.25, 0.3) is 0 Å². The Morgan fingerprint density at radius 2 is 1.70 bits per heavy atom. The average molecular weight is 433 g/mol. The molecule has 1 aromatic carbocycles. The molecule has 11 heteroatoms. The molecule has 1 fully saturated rings. The fourth-order valence-corrected chi connectivity index (χ4v) is 3.47. The third-order valence-corrected chi connectivity index (χ3v) is 5.08. The molecule has 2 amide bonds. The van der Waals surface area contributed by atoms with Crippen molar-refractivity contribution >= 4 is 28.8 Å². The first-order valence-corrected chi connectivity index (χ1v) is 10.1. The predicted octanol–water partition coefficient (Wildman–Crippen LogP) is 0.903. The Balaban J connectivity index is 1.66. The number of hydrogen-bond donors (Lipinski definition) is 1. The van der Waals surface area contributed by atoms with E-state index in [-0.39, 0.29) is 17.6 Å². The molecular weight excluding hydrogens is 412 g/mol. The number of nitrogens with one attached hydrogen (secondary N) is 1. The van der Waals surface area contributed by atoms with Crippen LogP contribution in [0.1, 0.15) is 20.7 Å². The molecule has 2 aromatic rings. The van der Waals surface area contributed by atoms with Gasteiger partial charge in [0, 0.05) is 67.0 Å². The number of carbonyl (C=O) groups is 2. The molecule has 0 spiro atoms. The van der Waals surface area contributed by atoms with E-state index in [1.165, 1.54) is 38.6 Å². The van der Waals surface area contributed by atoms with Gasteiger partial charge in [-0.15, -0.1) is 0 Å². The van der Waals surface area contributed by atoms with Crippen molar-refractivity contribution in [3.63, 3.8) is 0 Å². The number of carbonyl (C=O) groups excluding carboxylic acids is 2. The number of methoxy groups -OCH3 is 2. The highest BCUT2D eigenvalue weighted by atomic mass is 32.2. The Hall–Kier alpha value is -3.18. The van der Waals surface area contributed by atoms with Crippen LogP contribution in [0.4, 0.5) is 5.69 Å². The lowest BCUT2D eigenvalue weighted by atomic mass is 10.1. The van der Waals surface area contributed by atoms with Crippen molar-refractivity contribution < 1.29 is 27.8 Å². The molecule has 1 unspecified atom stereocenters. The van der Waals surface area contributed by atoms with Crippen LogP contribution in [-0.4, -0.2) is 75.8 Å². The molecule has 1 atom stereocenters. The van der Waals surface area contributed by atoms with E-state index in [2.05, 4.69) is 9.71 Å². The van der Waals surface area contributed by atoms with Crippen LogP contribution < -0.4 is 14.2 Å². The van der Waals surface area contributed by atoms with Crippen LogP contribution in [0.15, 0.2) is 36.5 Å². The predicted molar refractivity (Wildman–Crippen MR) is 108 cm³/mol. The molecule has 1 N–H and O–H groups in total. The fourth-order valence-electron chi connectivity index (χ4n) is 3.15. The summed E-state index contributed by atoms with van der Waals surface area (Å²) in [5, 5.41) is 0. The number of nitrogens with zero attached hydrogens (tertiary/aromatic N) is 3. The monoisotopic (exact) mass is 433 g/mol. The maximum atomic E-state index is 12.9. The van der Waals surface area contributed by atoms with E-state index >= 15 is 0 Å². The van der Waals surface area contributed by atoms with Crippen LogP contribution in [0.3, 0.4) is 0 Å². The zero-order valence-electron chi connectivity index (χ0n) is 16.5. The minimum atomic E-state index is -2.48. The fraction of sp³-hybridized carbons (Fsp3) is 0.316. The standard InChI is InChI=1S/C19H22N4O6S/c1-28-16-12-14(21-30(26)27)3-4-15(16)19(25)23-9-7-22(8-10-23)18(24)13-5-6-20-17(11-13)29-2/h3-6,11-12,21H,7-10H2,1-2H3,(H,26,27)/p-1. The highest BCUT2D eigenvalue weighted by Crippen LogP contribution is 2.25. The summed E-state index contributed by atoms with van der Waals surface area (Å²) in [6.45, 7) is 1.49. The zero-order chi connectivity index (χ0) is 21.7. The van der Waals surface area contributed by atoms with E-state index < -0.39 is 11.3 Å². The summed E-state index contributed by atoms with van der Waals surface area (Å²) < 4.78 is 34.1. The van der Waals surface area contributed by atoms with Crippen LogP contribution >= 0.6 is 0 Å². The Morgan fingerprint density at radius 3 is 2.30 bits per heavy atom. The van der Waals surface area contributed by atoms with Gasteiger partial charge in [-0.1, -0.05) is 0 Å². The number of rotatable bonds is 6. The van der Waals surface area contributed by atoms with Crippen molar-refractivity contribution in [2.24, 2.45) is 0 Å². The smallest absolute Gasteiger partial charge is 0.257 e. The maximum Gasteiger partial charge on any atom is 0.257 e. The lowest BCUT2D eigenvalue weighted by Crippen LogP contribution is -2.50. The number of ether oxygens (including phenoxy) is 2. The zero-order valence-corrected chi connectivity index (χ0v) is 17.3. The number of hydrogen-bond acceptors (Lipinski definition) is 7. The minimum absolute atomic E-state index is 0.151. The van der Waals surface area contributed by atoms with Gasteiger partial charge in [0.2, 0.25) is 5.88 Å². The summed E-state index contributed by atoms with van der Waals surface area (Å²) in [6, 6.07) is 7.64. The molecule has 1 aliphatic rings. The van der Waals surface area contributed by atoms with Crippen molar-refractivity contribution in [2.45, 2.75) is 0 Å². The largest absolute Gasteiger partial charge is 0.755 e. The number of piperazine rings is 1. The van der Waals surface area contributed by atoms with Crippen LogP contribution in [0.5, 0.6) is 11.6 Å². The Bertz CT molecular complexity index is 962. The van der Waals surface area contributed by atoms with Crippen molar-refractivity contribution in [1.82, 2.24) is 14.8 Å². The number of amides is 2. The minimum Gasteiger partial charge on any atom is -0.755 e. The van der Waals surface area contributed by atoms with Crippen LogP contribution in [-0.2, 0) is 11.3 Å². The van der Waals surface area contributed by atoms with E-state index in [1.807, 2.05) is 0 Å². The SMILES string of the molecule is COc1cc(C(=O)N2CCN(C(=O)c3ccc(NS(=O)[O-])cc3OC)CC2)ccn1. The number of anilines is 1. The molecule has 0 saturated carbocycles. The summed E-state index contributed by atoms with van der Waals surface area (Å²) in [5.74, 6) is 0.221. The molecule has 1 saturated heterocycles. The van der Waals surface area contributed by atoms with Crippen molar-refractivity contribution in [3.05, 3.63) is 47.7 Å². The lowest BCUT2D eigenvalue weighted by molar-refractivity contribution is 0.0533. The molecule has 2 heterocycles. The van der Waals surface area contributed by atoms with Crippen molar-refractivity contribution in [3.8, 4) is 11.6 Å². The van der Waals surface area contributed by atoms with Gasteiger partial charge in [-0.25, -0.2) is 4.98 Å². The molecule has 10 nitrogen and oxygen atoms in total. The molecule has 0 bridgehead atoms. The first kappa shape index (κ1) is 21.5. The van der Waals surface area contributed by atoms with E-state index in [9.17, 15) is 18.4 Å². The third-order valence-electron chi connectivity index (χ3n) is 4.68. The highest BCUT2D eigenvalue weighted by Gasteiger charge is 2.27. The first-order valence-electron chi connectivity index (χ1n) is 9.05. The van der Waals surface area contributed by atoms with Crippen molar-refractivity contribution in [1.29, 1.82) is 0 Å². The number of benzene rings is 1. The van der Waals surface area contributed by atoms with E-state index in [0.29, 0.717) is 48.9 Å². The first-order chi connectivity index (χ1) is 14.4. The van der Waals surface area contributed by atoms with Gasteiger partial charge in [0.1, 0.15) is 5.75 Å². The Kier molecular flexibility index (Phi) is 6.85. The lowest BCUT2D eigenvalue weighted by Gasteiger charge is -2.35. The maximum absolute atomic E-state index is 12.9. The van der Waals surface area contributed by atoms with E-state index in [4.69, 9.17) is 9.47 Å². The normalized spacial score (nSPS) is 14.8. The van der Waals surface area contributed by atoms with Gasteiger partial charge < -0.3 is 28.5 Å². The van der Waals surface area contributed by atoms with Gasteiger partial charge in [-0.05, 0) is 18.2 Å². The molecule has 1 aliphatic heterocycles.